The zero-order chi connectivity index (χ0) is 17.8. The van der Waals surface area contributed by atoms with Crippen LogP contribution in [0.4, 0.5) is 0 Å². The Balaban J connectivity index is 2.04. The first kappa shape index (κ1) is 16.3. The first-order chi connectivity index (χ1) is 11.9. The zero-order valence-electron chi connectivity index (χ0n) is 14.2. The van der Waals surface area contributed by atoms with E-state index in [0.29, 0.717) is 40.2 Å². The Morgan fingerprint density at radius 1 is 1.08 bits per heavy atom. The second kappa shape index (κ2) is 5.69. The van der Waals surface area contributed by atoms with Gasteiger partial charge >= 0.3 is 0 Å². The molecule has 1 atom stereocenters. The SMILES string of the molecule is CN(C)CCC(O)c1c2n(c3ccccc13)S(=O)(=O)c1ccccc1-2. The van der Waals surface area contributed by atoms with Crippen molar-refractivity contribution in [1.82, 2.24) is 8.87 Å². The number of para-hydroxylation sites is 1. The number of aromatic nitrogens is 1. The molecule has 4 rings (SSSR count). The molecule has 0 amide bonds. The lowest BCUT2D eigenvalue weighted by molar-refractivity contribution is 0.156. The minimum absolute atomic E-state index is 0.303. The van der Waals surface area contributed by atoms with E-state index in [1.807, 2.05) is 49.3 Å². The maximum Gasteiger partial charge on any atom is 0.269 e. The van der Waals surface area contributed by atoms with Crippen LogP contribution < -0.4 is 0 Å². The number of aliphatic hydroxyl groups excluding tert-OH is 1. The van der Waals surface area contributed by atoms with Gasteiger partial charge in [0.25, 0.3) is 10.0 Å². The highest BCUT2D eigenvalue weighted by Gasteiger charge is 2.38. The molecular formula is C19H20N2O3S. The van der Waals surface area contributed by atoms with Gasteiger partial charge in [-0.05, 0) is 32.6 Å². The van der Waals surface area contributed by atoms with Gasteiger partial charge in [0.15, 0.2) is 0 Å². The predicted molar refractivity (Wildman–Crippen MR) is 98.1 cm³/mol. The van der Waals surface area contributed by atoms with Crippen molar-refractivity contribution >= 4 is 20.9 Å². The predicted octanol–water partition coefficient (Wildman–Crippen LogP) is 2.84. The Hall–Kier alpha value is -2.15. The Labute approximate surface area is 147 Å². The molecule has 0 bridgehead atoms. The maximum atomic E-state index is 13.1. The van der Waals surface area contributed by atoms with Crippen LogP contribution in [-0.4, -0.2) is 43.0 Å². The summed E-state index contributed by atoms with van der Waals surface area (Å²) in [5.74, 6) is 0. The quantitative estimate of drug-likeness (QED) is 0.611. The molecule has 1 unspecified atom stereocenters. The highest BCUT2D eigenvalue weighted by Crippen LogP contribution is 2.47. The lowest BCUT2D eigenvalue weighted by Gasteiger charge is -2.15. The van der Waals surface area contributed by atoms with Crippen molar-refractivity contribution in [2.45, 2.75) is 17.4 Å². The largest absolute Gasteiger partial charge is 0.388 e. The smallest absolute Gasteiger partial charge is 0.269 e. The van der Waals surface area contributed by atoms with E-state index >= 15 is 0 Å². The summed E-state index contributed by atoms with van der Waals surface area (Å²) in [7, 11) is 0.266. The molecule has 130 valence electrons. The fourth-order valence-corrected chi connectivity index (χ4v) is 5.33. The van der Waals surface area contributed by atoms with Crippen molar-refractivity contribution in [3.05, 3.63) is 54.1 Å². The third-order valence-corrected chi connectivity index (χ3v) is 6.49. The normalized spacial score (nSPS) is 16.2. The molecule has 6 heteroatoms. The minimum Gasteiger partial charge on any atom is -0.388 e. The minimum atomic E-state index is -3.64. The molecule has 1 N–H and O–H groups in total. The van der Waals surface area contributed by atoms with E-state index in [1.165, 1.54) is 3.97 Å². The Morgan fingerprint density at radius 3 is 2.52 bits per heavy atom. The van der Waals surface area contributed by atoms with E-state index in [9.17, 15) is 13.5 Å². The fraction of sp³-hybridized carbons (Fsp3) is 0.263. The summed E-state index contributed by atoms with van der Waals surface area (Å²) in [4.78, 5) is 2.31. The van der Waals surface area contributed by atoms with Gasteiger partial charge in [0.05, 0.1) is 22.2 Å². The van der Waals surface area contributed by atoms with Crippen LogP contribution in [-0.2, 0) is 10.0 Å². The van der Waals surface area contributed by atoms with E-state index < -0.39 is 16.1 Å². The van der Waals surface area contributed by atoms with Gasteiger partial charge in [0.1, 0.15) is 0 Å². The van der Waals surface area contributed by atoms with E-state index in [0.717, 1.165) is 5.39 Å². The number of benzene rings is 2. The van der Waals surface area contributed by atoms with Gasteiger partial charge in [-0.2, -0.15) is 0 Å². The Kier molecular flexibility index (Phi) is 3.72. The second-order valence-electron chi connectivity index (χ2n) is 6.65. The van der Waals surface area contributed by atoms with Crippen molar-refractivity contribution in [3.63, 3.8) is 0 Å². The van der Waals surface area contributed by atoms with Crippen molar-refractivity contribution in [2.24, 2.45) is 0 Å². The molecule has 1 aliphatic rings. The lowest BCUT2D eigenvalue weighted by Crippen LogP contribution is -2.16. The summed E-state index contributed by atoms with van der Waals surface area (Å²) in [5, 5.41) is 11.7. The lowest BCUT2D eigenvalue weighted by atomic mass is 9.98. The van der Waals surface area contributed by atoms with Gasteiger partial charge in [-0.15, -0.1) is 0 Å². The van der Waals surface area contributed by atoms with Crippen molar-refractivity contribution < 1.29 is 13.5 Å². The Morgan fingerprint density at radius 2 is 1.76 bits per heavy atom. The highest BCUT2D eigenvalue weighted by atomic mass is 32.2. The van der Waals surface area contributed by atoms with Crippen LogP contribution >= 0.6 is 0 Å². The van der Waals surface area contributed by atoms with Crippen molar-refractivity contribution in [2.75, 3.05) is 20.6 Å². The third-order valence-electron chi connectivity index (χ3n) is 4.71. The van der Waals surface area contributed by atoms with Crippen LogP contribution in [0.15, 0.2) is 53.4 Å². The number of fused-ring (bicyclic) bond motifs is 5. The van der Waals surface area contributed by atoms with Gasteiger partial charge in [0.2, 0.25) is 0 Å². The molecule has 3 aromatic rings. The molecular weight excluding hydrogens is 336 g/mol. The number of aliphatic hydroxyl groups is 1. The van der Waals surface area contributed by atoms with Gasteiger partial charge in [-0.25, -0.2) is 12.4 Å². The summed E-state index contributed by atoms with van der Waals surface area (Å²) >= 11 is 0. The number of nitrogens with zero attached hydrogens (tertiary/aromatic N) is 2. The van der Waals surface area contributed by atoms with Crippen LogP contribution in [0.3, 0.4) is 0 Å². The molecule has 0 spiro atoms. The third kappa shape index (κ3) is 2.33. The number of rotatable bonds is 4. The van der Waals surface area contributed by atoms with E-state index in [-0.39, 0.29) is 0 Å². The van der Waals surface area contributed by atoms with E-state index in [2.05, 4.69) is 0 Å². The van der Waals surface area contributed by atoms with E-state index in [1.54, 1.807) is 18.2 Å². The van der Waals surface area contributed by atoms with Gasteiger partial charge in [-0.3, -0.25) is 0 Å². The molecule has 0 aliphatic carbocycles. The number of hydrogen-bond acceptors (Lipinski definition) is 4. The monoisotopic (exact) mass is 356 g/mol. The first-order valence-corrected chi connectivity index (χ1v) is 9.68. The molecule has 0 saturated carbocycles. The molecule has 1 aliphatic heterocycles. The van der Waals surface area contributed by atoms with Gasteiger partial charge < -0.3 is 10.0 Å². The molecule has 0 saturated heterocycles. The molecule has 1 aromatic heterocycles. The van der Waals surface area contributed by atoms with Crippen LogP contribution in [0.2, 0.25) is 0 Å². The average Bonchev–Trinajstić information content (AvgIpc) is 3.05. The maximum absolute atomic E-state index is 13.1. The molecule has 2 aromatic carbocycles. The molecule has 0 fully saturated rings. The van der Waals surface area contributed by atoms with Crippen LogP contribution in [0.5, 0.6) is 0 Å². The summed E-state index contributed by atoms with van der Waals surface area (Å²) in [6.45, 7) is 0.717. The van der Waals surface area contributed by atoms with Gasteiger partial charge in [-0.1, -0.05) is 36.4 Å². The van der Waals surface area contributed by atoms with Crippen molar-refractivity contribution in [1.29, 1.82) is 0 Å². The summed E-state index contributed by atoms with van der Waals surface area (Å²) in [5.41, 5.74) is 2.58. The van der Waals surface area contributed by atoms with E-state index in [4.69, 9.17) is 0 Å². The fourth-order valence-electron chi connectivity index (χ4n) is 3.59. The molecule has 5 nitrogen and oxygen atoms in total. The first-order valence-electron chi connectivity index (χ1n) is 8.24. The van der Waals surface area contributed by atoms with Crippen LogP contribution in [0, 0.1) is 0 Å². The second-order valence-corrected chi connectivity index (χ2v) is 8.41. The average molecular weight is 356 g/mol. The van der Waals surface area contributed by atoms with Crippen LogP contribution in [0.25, 0.3) is 22.2 Å². The molecule has 0 radical (unpaired) electrons. The molecule has 25 heavy (non-hydrogen) atoms. The zero-order valence-corrected chi connectivity index (χ0v) is 15.0. The summed E-state index contributed by atoms with van der Waals surface area (Å²) < 4.78 is 27.5. The summed E-state index contributed by atoms with van der Waals surface area (Å²) in [6.07, 6.45) is -0.194. The summed E-state index contributed by atoms with van der Waals surface area (Å²) in [6, 6.07) is 14.4. The number of hydrogen-bond donors (Lipinski definition) is 1. The van der Waals surface area contributed by atoms with Gasteiger partial charge in [0, 0.05) is 23.1 Å². The highest BCUT2D eigenvalue weighted by molar-refractivity contribution is 7.90. The standard InChI is InChI=1S/C19H20N2O3S/c1-20(2)12-11-16(22)18-13-7-3-5-9-15(13)21-19(18)14-8-4-6-10-17(14)25(21,23)24/h3-10,16,22H,11-12H2,1-2H3. The van der Waals surface area contributed by atoms with Crippen molar-refractivity contribution in [3.8, 4) is 11.3 Å². The topological polar surface area (TPSA) is 62.5 Å². The van der Waals surface area contributed by atoms with Crippen LogP contribution in [0.1, 0.15) is 18.1 Å². The molecule has 2 heterocycles. The Bertz CT molecular complexity index is 1070.